The summed E-state index contributed by atoms with van der Waals surface area (Å²) in [5, 5.41) is 9.98. The molecule has 31 heavy (non-hydrogen) atoms. The highest BCUT2D eigenvalue weighted by Gasteiger charge is 2.19. The number of thioether (sulfide) groups is 1. The number of nitrogens with one attached hydrogen (secondary N) is 1. The topological polar surface area (TPSA) is 74.8 Å². The van der Waals surface area contributed by atoms with Crippen molar-refractivity contribution in [2.45, 2.75) is 31.7 Å². The fraction of sp³-hybridized carbons (Fsp3) is 0.182. The number of benzene rings is 2. The summed E-state index contributed by atoms with van der Waals surface area (Å²) in [4.78, 5) is 22.9. The molecule has 0 radical (unpaired) electrons. The zero-order valence-corrected chi connectivity index (χ0v) is 18.9. The average Bonchev–Trinajstić information content (AvgIpc) is 3.39. The van der Waals surface area contributed by atoms with Crippen molar-refractivity contribution in [2.24, 2.45) is 0 Å². The molecule has 6 nitrogen and oxygen atoms in total. The van der Waals surface area contributed by atoms with Gasteiger partial charge in [0.05, 0.1) is 16.9 Å². The van der Waals surface area contributed by atoms with Crippen LogP contribution in [-0.4, -0.2) is 26.1 Å². The monoisotopic (exact) mass is 453 g/mol. The van der Waals surface area contributed by atoms with Crippen LogP contribution >= 0.6 is 23.1 Å². The Morgan fingerprint density at radius 3 is 2.71 bits per heavy atom. The third-order valence-electron chi connectivity index (χ3n) is 4.74. The molecule has 0 saturated carbocycles. The highest BCUT2D eigenvalue weighted by Crippen LogP contribution is 2.32. The van der Waals surface area contributed by atoms with Crippen molar-refractivity contribution in [1.82, 2.24) is 20.2 Å². The maximum Gasteiger partial charge on any atom is 0.230 e. The number of aromatic nitrogens is 4. The van der Waals surface area contributed by atoms with Gasteiger partial charge in [-0.15, -0.1) is 16.4 Å². The lowest BCUT2D eigenvalue weighted by Crippen LogP contribution is -2.22. The predicted octanol–water partition coefficient (Wildman–Crippen LogP) is 5.66. The number of carbonyl (C=O) groups is 1. The Balaban J connectivity index is 1.48. The van der Waals surface area contributed by atoms with E-state index in [1.165, 1.54) is 41.7 Å². The van der Waals surface area contributed by atoms with E-state index in [1.54, 1.807) is 23.1 Å². The normalized spacial score (nSPS) is 11.0. The van der Waals surface area contributed by atoms with Crippen molar-refractivity contribution < 1.29 is 9.18 Å². The summed E-state index contributed by atoms with van der Waals surface area (Å²) in [6.07, 6.45) is 0. The van der Waals surface area contributed by atoms with Gasteiger partial charge in [-0.2, -0.15) is 0 Å². The van der Waals surface area contributed by atoms with E-state index in [4.69, 9.17) is 0 Å². The standard InChI is InChI=1S/C22H20FN5OS2/c1-13-8-9-17(10-14(13)2)28(15(3)29)22-24-16(12-31-22)11-30-21-25-20(26-27-21)18-6-4-5-7-19(18)23/h4-10,12H,11H2,1-3H3,(H,25,26,27). The van der Waals surface area contributed by atoms with E-state index >= 15 is 0 Å². The first-order chi connectivity index (χ1) is 14.9. The molecule has 0 atom stereocenters. The van der Waals surface area contributed by atoms with E-state index in [-0.39, 0.29) is 11.7 Å². The first kappa shape index (κ1) is 21.2. The quantitative estimate of drug-likeness (QED) is 0.381. The first-order valence-corrected chi connectivity index (χ1v) is 11.4. The molecule has 0 fully saturated rings. The Kier molecular flexibility index (Phi) is 6.15. The van der Waals surface area contributed by atoms with Crippen LogP contribution in [-0.2, 0) is 10.5 Å². The Hall–Kier alpha value is -3.04. The number of nitrogens with zero attached hydrogens (tertiary/aromatic N) is 4. The number of amides is 1. The van der Waals surface area contributed by atoms with Crippen molar-refractivity contribution in [3.63, 3.8) is 0 Å². The summed E-state index contributed by atoms with van der Waals surface area (Å²) in [6, 6.07) is 12.3. The van der Waals surface area contributed by atoms with Gasteiger partial charge in [-0.1, -0.05) is 30.0 Å². The molecule has 2 aromatic carbocycles. The fourth-order valence-electron chi connectivity index (χ4n) is 2.98. The number of carbonyl (C=O) groups excluding carboxylic acids is 1. The molecule has 4 rings (SSSR count). The van der Waals surface area contributed by atoms with Gasteiger partial charge >= 0.3 is 0 Å². The number of hydrogen-bond acceptors (Lipinski definition) is 6. The van der Waals surface area contributed by atoms with E-state index in [0.29, 0.717) is 27.4 Å². The molecular formula is C22H20FN5OS2. The van der Waals surface area contributed by atoms with Gasteiger partial charge in [0.2, 0.25) is 11.1 Å². The molecule has 0 saturated heterocycles. The number of aryl methyl sites for hydroxylation is 2. The van der Waals surface area contributed by atoms with Crippen LogP contribution in [0.15, 0.2) is 53.0 Å². The van der Waals surface area contributed by atoms with Gasteiger partial charge in [0.15, 0.2) is 11.0 Å². The molecule has 0 unspecified atom stereocenters. The summed E-state index contributed by atoms with van der Waals surface area (Å²) < 4.78 is 13.9. The van der Waals surface area contributed by atoms with Crippen LogP contribution in [0.4, 0.5) is 15.2 Å². The SMILES string of the molecule is CC(=O)N(c1ccc(C)c(C)c1)c1nc(CSc2n[nH]c(-c3ccccc3F)n2)cs1. The molecule has 9 heteroatoms. The third-order valence-corrected chi connectivity index (χ3v) is 6.49. The van der Waals surface area contributed by atoms with Crippen molar-refractivity contribution in [2.75, 3.05) is 4.90 Å². The zero-order valence-electron chi connectivity index (χ0n) is 17.2. The maximum absolute atomic E-state index is 13.9. The number of hydrogen-bond donors (Lipinski definition) is 1. The minimum atomic E-state index is -0.352. The lowest BCUT2D eigenvalue weighted by atomic mass is 10.1. The summed E-state index contributed by atoms with van der Waals surface area (Å²) in [6.45, 7) is 5.59. The molecule has 0 aliphatic carbocycles. The largest absolute Gasteiger partial charge is 0.274 e. The number of thiazole rings is 1. The maximum atomic E-state index is 13.9. The molecule has 0 bridgehead atoms. The summed E-state index contributed by atoms with van der Waals surface area (Å²) in [5.41, 5.74) is 4.28. The smallest absolute Gasteiger partial charge is 0.230 e. The van der Waals surface area contributed by atoms with Gasteiger partial charge in [-0.25, -0.2) is 14.4 Å². The van der Waals surface area contributed by atoms with Crippen molar-refractivity contribution in [3.8, 4) is 11.4 Å². The van der Waals surface area contributed by atoms with Crippen molar-refractivity contribution >= 4 is 39.8 Å². The van der Waals surface area contributed by atoms with Crippen LogP contribution in [0.1, 0.15) is 23.7 Å². The van der Waals surface area contributed by atoms with Gasteiger partial charge in [-0.05, 0) is 49.2 Å². The van der Waals surface area contributed by atoms with E-state index in [1.807, 2.05) is 37.4 Å². The minimum absolute atomic E-state index is 0.0969. The van der Waals surface area contributed by atoms with Crippen LogP contribution in [0.25, 0.3) is 11.4 Å². The van der Waals surface area contributed by atoms with Crippen molar-refractivity contribution in [3.05, 3.63) is 70.5 Å². The van der Waals surface area contributed by atoms with Gasteiger partial charge in [0.1, 0.15) is 5.82 Å². The highest BCUT2D eigenvalue weighted by molar-refractivity contribution is 7.98. The molecule has 4 aromatic rings. The molecule has 0 aliphatic rings. The molecule has 1 N–H and O–H groups in total. The van der Waals surface area contributed by atoms with Crippen LogP contribution in [0.5, 0.6) is 0 Å². The second-order valence-electron chi connectivity index (χ2n) is 6.98. The summed E-state index contributed by atoms with van der Waals surface area (Å²) in [5.74, 6) is 0.469. The Bertz CT molecular complexity index is 1240. The minimum Gasteiger partial charge on any atom is -0.274 e. The fourth-order valence-corrected chi connectivity index (χ4v) is 4.66. The molecule has 0 spiro atoms. The Labute approximate surface area is 187 Å². The lowest BCUT2D eigenvalue weighted by molar-refractivity contribution is -0.115. The van der Waals surface area contributed by atoms with Crippen LogP contribution in [0.2, 0.25) is 0 Å². The first-order valence-electron chi connectivity index (χ1n) is 9.55. The number of halogens is 1. The van der Waals surface area contributed by atoms with E-state index < -0.39 is 0 Å². The average molecular weight is 454 g/mol. The number of rotatable bonds is 6. The van der Waals surface area contributed by atoms with E-state index in [0.717, 1.165) is 16.9 Å². The number of aromatic amines is 1. The Morgan fingerprint density at radius 1 is 1.16 bits per heavy atom. The molecule has 158 valence electrons. The van der Waals surface area contributed by atoms with Gasteiger partial charge in [0, 0.05) is 18.1 Å². The van der Waals surface area contributed by atoms with Gasteiger partial charge < -0.3 is 0 Å². The third kappa shape index (κ3) is 4.67. The number of anilines is 2. The van der Waals surface area contributed by atoms with Crippen LogP contribution in [0, 0.1) is 19.7 Å². The molecule has 1 amide bonds. The zero-order chi connectivity index (χ0) is 22.0. The molecular weight excluding hydrogens is 433 g/mol. The molecule has 2 heterocycles. The van der Waals surface area contributed by atoms with E-state index in [9.17, 15) is 9.18 Å². The van der Waals surface area contributed by atoms with Crippen LogP contribution < -0.4 is 4.90 Å². The summed E-state index contributed by atoms with van der Waals surface area (Å²) in [7, 11) is 0. The lowest BCUT2D eigenvalue weighted by Gasteiger charge is -2.19. The molecule has 2 aromatic heterocycles. The van der Waals surface area contributed by atoms with Crippen molar-refractivity contribution in [1.29, 1.82) is 0 Å². The van der Waals surface area contributed by atoms with Crippen LogP contribution in [0.3, 0.4) is 0 Å². The molecule has 0 aliphatic heterocycles. The van der Waals surface area contributed by atoms with Gasteiger partial charge in [0.25, 0.3) is 0 Å². The van der Waals surface area contributed by atoms with Gasteiger partial charge in [-0.3, -0.25) is 14.8 Å². The Morgan fingerprint density at radius 2 is 1.97 bits per heavy atom. The second-order valence-corrected chi connectivity index (χ2v) is 8.76. The predicted molar refractivity (Wildman–Crippen MR) is 122 cm³/mol. The highest BCUT2D eigenvalue weighted by atomic mass is 32.2. The van der Waals surface area contributed by atoms with E-state index in [2.05, 4.69) is 20.2 Å². The number of H-pyrrole nitrogens is 1. The second kappa shape index (κ2) is 8.99. The summed E-state index contributed by atoms with van der Waals surface area (Å²) >= 11 is 2.81.